The largest absolute Gasteiger partial charge is 0.376 e. The first-order valence-electron chi connectivity index (χ1n) is 5.88. The Balaban J connectivity index is 1.89. The van der Waals surface area contributed by atoms with Crippen LogP contribution in [0.4, 0.5) is 18.9 Å². The van der Waals surface area contributed by atoms with E-state index in [4.69, 9.17) is 17.0 Å². The van der Waals surface area contributed by atoms with Gasteiger partial charge in [-0.15, -0.1) is 0 Å². The van der Waals surface area contributed by atoms with Gasteiger partial charge in [0.1, 0.15) is 0 Å². The molecule has 1 aliphatic heterocycles. The fraction of sp³-hybridized carbons (Fsp3) is 0.417. The summed E-state index contributed by atoms with van der Waals surface area (Å²) in [7, 11) is 0. The number of hydrogen-bond donors (Lipinski definition) is 2. The molecular weight excluding hydrogens is 277 g/mol. The maximum atomic E-state index is 13.4. The summed E-state index contributed by atoms with van der Waals surface area (Å²) in [5.41, 5.74) is -0.205. The van der Waals surface area contributed by atoms with Crippen LogP contribution in [0.5, 0.6) is 0 Å². The number of nitrogens with one attached hydrogen (secondary N) is 2. The maximum Gasteiger partial charge on any atom is 0.196 e. The molecular formula is C12H13F3N2OS. The second-order valence-electron chi connectivity index (χ2n) is 4.19. The van der Waals surface area contributed by atoms with Crippen molar-refractivity contribution in [3.05, 3.63) is 29.6 Å². The minimum absolute atomic E-state index is 0.0783. The minimum atomic E-state index is -1.52. The molecule has 2 N–H and O–H groups in total. The predicted octanol–water partition coefficient (Wildman–Crippen LogP) is 2.57. The highest BCUT2D eigenvalue weighted by Gasteiger charge is 2.17. The Morgan fingerprint density at radius 3 is 2.79 bits per heavy atom. The molecule has 0 amide bonds. The number of benzene rings is 1. The first-order chi connectivity index (χ1) is 9.08. The summed E-state index contributed by atoms with van der Waals surface area (Å²) in [6.45, 7) is 1.22. The minimum Gasteiger partial charge on any atom is -0.376 e. The number of halogens is 3. The number of thiocarbonyl (C=S) groups is 1. The van der Waals surface area contributed by atoms with Crippen molar-refractivity contribution in [1.82, 2.24) is 5.32 Å². The molecule has 2 rings (SSSR count). The van der Waals surface area contributed by atoms with Crippen molar-refractivity contribution < 1.29 is 17.9 Å². The molecule has 1 saturated heterocycles. The number of anilines is 1. The standard InChI is InChI=1S/C12H13F3N2OS/c13-8-3-4-9(11(15)10(8)14)17-12(19)16-6-7-2-1-5-18-7/h3-4,7H,1-2,5-6H2,(H2,16,17,19)/t7-/m1/s1. The predicted molar refractivity (Wildman–Crippen MR) is 69.5 cm³/mol. The lowest BCUT2D eigenvalue weighted by atomic mass is 10.2. The van der Waals surface area contributed by atoms with Crippen molar-refractivity contribution >= 4 is 23.0 Å². The molecule has 0 saturated carbocycles. The van der Waals surface area contributed by atoms with E-state index >= 15 is 0 Å². The van der Waals surface area contributed by atoms with E-state index in [1.54, 1.807) is 0 Å². The Labute approximate surface area is 114 Å². The fourth-order valence-electron chi connectivity index (χ4n) is 1.80. The van der Waals surface area contributed by atoms with Gasteiger partial charge in [-0.05, 0) is 37.2 Å². The van der Waals surface area contributed by atoms with Gasteiger partial charge in [0.25, 0.3) is 0 Å². The third-order valence-electron chi connectivity index (χ3n) is 2.80. The van der Waals surface area contributed by atoms with Gasteiger partial charge >= 0.3 is 0 Å². The van der Waals surface area contributed by atoms with Crippen LogP contribution in [0.25, 0.3) is 0 Å². The molecule has 0 bridgehead atoms. The molecule has 1 aromatic carbocycles. The summed E-state index contributed by atoms with van der Waals surface area (Å²) in [4.78, 5) is 0. The number of rotatable bonds is 3. The lowest BCUT2D eigenvalue weighted by Crippen LogP contribution is -2.35. The molecule has 7 heteroatoms. The van der Waals surface area contributed by atoms with Crippen molar-refractivity contribution in [1.29, 1.82) is 0 Å². The summed E-state index contributed by atoms with van der Waals surface area (Å²) in [6, 6.07) is 1.93. The van der Waals surface area contributed by atoms with Crippen molar-refractivity contribution in [2.24, 2.45) is 0 Å². The molecule has 1 heterocycles. The quantitative estimate of drug-likeness (QED) is 0.662. The molecule has 104 valence electrons. The maximum absolute atomic E-state index is 13.4. The molecule has 19 heavy (non-hydrogen) atoms. The second kappa shape index (κ2) is 6.21. The SMILES string of the molecule is Fc1ccc(NC(=S)NC[C@H]2CCCO2)c(F)c1F. The van der Waals surface area contributed by atoms with Crippen LogP contribution in [0.15, 0.2) is 12.1 Å². The Morgan fingerprint density at radius 2 is 2.11 bits per heavy atom. The molecule has 1 atom stereocenters. The van der Waals surface area contributed by atoms with E-state index in [2.05, 4.69) is 10.6 Å². The Hall–Kier alpha value is -1.34. The zero-order chi connectivity index (χ0) is 13.8. The van der Waals surface area contributed by atoms with Gasteiger partial charge in [-0.1, -0.05) is 0 Å². The molecule has 0 spiro atoms. The van der Waals surface area contributed by atoms with Crippen LogP contribution >= 0.6 is 12.2 Å². The third kappa shape index (κ3) is 3.57. The van der Waals surface area contributed by atoms with E-state index in [0.29, 0.717) is 6.54 Å². The van der Waals surface area contributed by atoms with E-state index in [0.717, 1.165) is 31.6 Å². The zero-order valence-electron chi connectivity index (χ0n) is 10.0. The summed E-state index contributed by atoms with van der Waals surface area (Å²) in [6.07, 6.45) is 2.02. The van der Waals surface area contributed by atoms with Gasteiger partial charge < -0.3 is 15.4 Å². The van der Waals surface area contributed by atoms with Gasteiger partial charge in [0.05, 0.1) is 11.8 Å². The van der Waals surface area contributed by atoms with E-state index in [9.17, 15) is 13.2 Å². The highest BCUT2D eigenvalue weighted by Crippen LogP contribution is 2.19. The highest BCUT2D eigenvalue weighted by atomic mass is 32.1. The number of hydrogen-bond acceptors (Lipinski definition) is 2. The molecule has 0 radical (unpaired) electrons. The van der Waals surface area contributed by atoms with Gasteiger partial charge in [0, 0.05) is 13.2 Å². The van der Waals surface area contributed by atoms with Crippen LogP contribution in [-0.2, 0) is 4.74 Å². The van der Waals surface area contributed by atoms with Gasteiger partial charge in [0.2, 0.25) is 0 Å². The van der Waals surface area contributed by atoms with Crippen LogP contribution in [-0.4, -0.2) is 24.4 Å². The Kier molecular flexibility index (Phi) is 4.60. The lowest BCUT2D eigenvalue weighted by molar-refractivity contribution is 0.114. The normalized spacial score (nSPS) is 18.4. The molecule has 3 nitrogen and oxygen atoms in total. The van der Waals surface area contributed by atoms with E-state index in [-0.39, 0.29) is 16.9 Å². The van der Waals surface area contributed by atoms with Crippen molar-refractivity contribution in [3.8, 4) is 0 Å². The Morgan fingerprint density at radius 1 is 1.32 bits per heavy atom. The Bertz CT molecular complexity index is 478. The van der Waals surface area contributed by atoms with Crippen molar-refractivity contribution in [2.45, 2.75) is 18.9 Å². The van der Waals surface area contributed by atoms with Crippen LogP contribution in [0.3, 0.4) is 0 Å². The summed E-state index contributed by atoms with van der Waals surface area (Å²) in [5, 5.41) is 5.47. The van der Waals surface area contributed by atoms with Crippen LogP contribution < -0.4 is 10.6 Å². The van der Waals surface area contributed by atoms with E-state index in [1.807, 2.05) is 0 Å². The third-order valence-corrected chi connectivity index (χ3v) is 3.04. The number of ether oxygens (including phenoxy) is 1. The van der Waals surface area contributed by atoms with Gasteiger partial charge in [-0.25, -0.2) is 13.2 Å². The van der Waals surface area contributed by atoms with Crippen LogP contribution in [0.1, 0.15) is 12.8 Å². The average molecular weight is 290 g/mol. The lowest BCUT2D eigenvalue weighted by Gasteiger charge is -2.14. The van der Waals surface area contributed by atoms with Crippen molar-refractivity contribution in [3.63, 3.8) is 0 Å². The second-order valence-corrected chi connectivity index (χ2v) is 4.60. The van der Waals surface area contributed by atoms with Gasteiger partial charge in [-0.2, -0.15) is 0 Å². The van der Waals surface area contributed by atoms with E-state index in [1.165, 1.54) is 0 Å². The monoisotopic (exact) mass is 290 g/mol. The zero-order valence-corrected chi connectivity index (χ0v) is 10.8. The first-order valence-corrected chi connectivity index (χ1v) is 6.28. The van der Waals surface area contributed by atoms with Gasteiger partial charge in [0.15, 0.2) is 22.6 Å². The first kappa shape index (κ1) is 14.1. The van der Waals surface area contributed by atoms with Crippen molar-refractivity contribution in [2.75, 3.05) is 18.5 Å². The van der Waals surface area contributed by atoms with Crippen LogP contribution in [0.2, 0.25) is 0 Å². The summed E-state index contributed by atoms with van der Waals surface area (Å²) in [5.74, 6) is -4.05. The molecule has 0 aromatic heterocycles. The molecule has 0 unspecified atom stereocenters. The molecule has 1 aromatic rings. The average Bonchev–Trinajstić information content (AvgIpc) is 2.90. The summed E-state index contributed by atoms with van der Waals surface area (Å²) < 4.78 is 44.5. The highest BCUT2D eigenvalue weighted by molar-refractivity contribution is 7.80. The molecule has 1 fully saturated rings. The fourth-order valence-corrected chi connectivity index (χ4v) is 1.99. The van der Waals surface area contributed by atoms with E-state index < -0.39 is 17.5 Å². The smallest absolute Gasteiger partial charge is 0.196 e. The van der Waals surface area contributed by atoms with Gasteiger partial charge in [-0.3, -0.25) is 0 Å². The summed E-state index contributed by atoms with van der Waals surface area (Å²) >= 11 is 4.95. The molecule has 0 aliphatic carbocycles. The topological polar surface area (TPSA) is 33.3 Å². The molecule has 1 aliphatic rings. The van der Waals surface area contributed by atoms with Crippen LogP contribution in [0, 0.1) is 17.5 Å².